The number of carbonyl (C=O) groups is 2. The maximum Gasteiger partial charge on any atom is 0.254 e. The maximum absolute atomic E-state index is 11.9. The summed E-state index contributed by atoms with van der Waals surface area (Å²) in [5, 5.41) is 2.77. The fourth-order valence-electron chi connectivity index (χ4n) is 2.34. The first-order valence-corrected chi connectivity index (χ1v) is 6.51. The second-order valence-electron chi connectivity index (χ2n) is 4.71. The zero-order valence-corrected chi connectivity index (χ0v) is 11.7. The molecule has 0 fully saturated rings. The van der Waals surface area contributed by atoms with Gasteiger partial charge in [0, 0.05) is 38.5 Å². The number of nitrogens with zero attached hydrogens (tertiary/aromatic N) is 1. The third-order valence-electron chi connectivity index (χ3n) is 3.41. The Balaban J connectivity index is 2.13. The van der Waals surface area contributed by atoms with Crippen LogP contribution in [-0.4, -0.2) is 38.1 Å². The van der Waals surface area contributed by atoms with E-state index in [9.17, 15) is 9.59 Å². The Morgan fingerprint density at radius 1 is 1.50 bits per heavy atom. The van der Waals surface area contributed by atoms with E-state index in [4.69, 9.17) is 10.5 Å². The molecule has 0 radical (unpaired) electrons. The van der Waals surface area contributed by atoms with Gasteiger partial charge in [-0.25, -0.2) is 0 Å². The van der Waals surface area contributed by atoms with Crippen molar-refractivity contribution in [1.29, 1.82) is 0 Å². The highest BCUT2D eigenvalue weighted by molar-refractivity contribution is 5.96. The van der Waals surface area contributed by atoms with Crippen molar-refractivity contribution in [3.8, 4) is 0 Å². The highest BCUT2D eigenvalue weighted by atomic mass is 16.5. The van der Waals surface area contributed by atoms with Crippen LogP contribution >= 0.6 is 0 Å². The van der Waals surface area contributed by atoms with Crippen LogP contribution in [0.3, 0.4) is 0 Å². The molecule has 0 saturated heterocycles. The Morgan fingerprint density at radius 3 is 2.85 bits per heavy atom. The second-order valence-corrected chi connectivity index (χ2v) is 4.71. The molecule has 2 amide bonds. The molecule has 6 heteroatoms. The van der Waals surface area contributed by atoms with Crippen LogP contribution in [0.5, 0.6) is 0 Å². The fourth-order valence-corrected chi connectivity index (χ4v) is 2.34. The molecule has 0 spiro atoms. The topological polar surface area (TPSA) is 84.7 Å². The van der Waals surface area contributed by atoms with Crippen LogP contribution in [0.1, 0.15) is 12.5 Å². The van der Waals surface area contributed by atoms with E-state index in [0.29, 0.717) is 12.2 Å². The number of methoxy groups -OCH3 is 1. The summed E-state index contributed by atoms with van der Waals surface area (Å²) in [6, 6.07) is 5.52. The van der Waals surface area contributed by atoms with E-state index in [1.54, 1.807) is 17.9 Å². The average molecular weight is 277 g/mol. The molecule has 6 nitrogen and oxygen atoms in total. The van der Waals surface area contributed by atoms with Gasteiger partial charge in [0.2, 0.25) is 5.91 Å². The molecule has 1 unspecified atom stereocenters. The lowest BCUT2D eigenvalue weighted by Gasteiger charge is -2.16. The molecule has 1 heterocycles. The number of rotatable bonds is 4. The van der Waals surface area contributed by atoms with Crippen molar-refractivity contribution in [2.24, 2.45) is 5.73 Å². The molecule has 108 valence electrons. The van der Waals surface area contributed by atoms with E-state index in [2.05, 4.69) is 5.32 Å². The molecule has 2 rings (SSSR count). The number of nitrogens with one attached hydrogen (secondary N) is 1. The van der Waals surface area contributed by atoms with E-state index < -0.39 is 6.10 Å². The summed E-state index contributed by atoms with van der Waals surface area (Å²) in [4.78, 5) is 25.1. The average Bonchev–Trinajstić information content (AvgIpc) is 2.83. The molecule has 0 saturated carbocycles. The molecule has 1 aromatic rings. The summed E-state index contributed by atoms with van der Waals surface area (Å²) in [7, 11) is 1.45. The monoisotopic (exact) mass is 277 g/mol. The summed E-state index contributed by atoms with van der Waals surface area (Å²) in [6.45, 7) is 2.37. The van der Waals surface area contributed by atoms with Gasteiger partial charge in [0.05, 0.1) is 0 Å². The fraction of sp³-hybridized carbons (Fsp3) is 0.429. The van der Waals surface area contributed by atoms with E-state index in [0.717, 1.165) is 17.7 Å². The Morgan fingerprint density at radius 2 is 2.25 bits per heavy atom. The molecular formula is C14H19N3O3. The molecule has 0 aromatic heterocycles. The normalized spacial score (nSPS) is 14.8. The van der Waals surface area contributed by atoms with E-state index in [-0.39, 0.29) is 18.4 Å². The lowest BCUT2D eigenvalue weighted by atomic mass is 10.1. The number of anilines is 2. The van der Waals surface area contributed by atoms with Crippen molar-refractivity contribution in [2.75, 3.05) is 30.4 Å². The van der Waals surface area contributed by atoms with Crippen LogP contribution in [0.4, 0.5) is 11.4 Å². The number of nitrogens with two attached hydrogens (primary N) is 1. The standard InChI is InChI=1S/C14H19N3O3/c1-9(18)17-6-5-10-7-11(3-4-12(10)17)16-14(19)13(8-15)20-2/h3-4,7,13H,5-6,8,15H2,1-2H3,(H,16,19). The molecule has 1 aliphatic heterocycles. The van der Waals surface area contributed by atoms with Gasteiger partial charge in [0.15, 0.2) is 0 Å². The molecule has 3 N–H and O–H groups in total. The van der Waals surface area contributed by atoms with Gasteiger partial charge in [-0.15, -0.1) is 0 Å². The van der Waals surface area contributed by atoms with Gasteiger partial charge >= 0.3 is 0 Å². The number of fused-ring (bicyclic) bond motifs is 1. The van der Waals surface area contributed by atoms with Crippen LogP contribution < -0.4 is 16.0 Å². The van der Waals surface area contributed by atoms with Gasteiger partial charge < -0.3 is 20.7 Å². The zero-order valence-electron chi connectivity index (χ0n) is 11.7. The molecule has 1 atom stereocenters. The Labute approximate surface area is 117 Å². The third-order valence-corrected chi connectivity index (χ3v) is 3.41. The summed E-state index contributed by atoms with van der Waals surface area (Å²) < 4.78 is 4.98. The predicted octanol–water partition coefficient (Wildman–Crippen LogP) is 0.508. The Bertz CT molecular complexity index is 526. The first-order chi connectivity index (χ1) is 9.56. The lowest BCUT2D eigenvalue weighted by Crippen LogP contribution is -2.35. The van der Waals surface area contributed by atoms with E-state index >= 15 is 0 Å². The first-order valence-electron chi connectivity index (χ1n) is 6.51. The number of hydrogen-bond donors (Lipinski definition) is 2. The molecular weight excluding hydrogens is 258 g/mol. The van der Waals surface area contributed by atoms with Gasteiger partial charge in [-0.2, -0.15) is 0 Å². The van der Waals surface area contributed by atoms with Crippen molar-refractivity contribution < 1.29 is 14.3 Å². The van der Waals surface area contributed by atoms with E-state index in [1.165, 1.54) is 7.11 Å². The zero-order chi connectivity index (χ0) is 14.7. The maximum atomic E-state index is 11.9. The van der Waals surface area contributed by atoms with Crippen LogP contribution in [0, 0.1) is 0 Å². The summed E-state index contributed by atoms with van der Waals surface area (Å²) in [6.07, 6.45) is 0.139. The highest BCUT2D eigenvalue weighted by Crippen LogP contribution is 2.30. The predicted molar refractivity (Wildman–Crippen MR) is 76.7 cm³/mol. The van der Waals surface area contributed by atoms with E-state index in [1.807, 2.05) is 12.1 Å². The smallest absolute Gasteiger partial charge is 0.254 e. The third kappa shape index (κ3) is 2.81. The van der Waals surface area contributed by atoms with Crippen molar-refractivity contribution >= 4 is 23.2 Å². The van der Waals surface area contributed by atoms with Crippen LogP contribution in [-0.2, 0) is 20.7 Å². The number of carbonyl (C=O) groups excluding carboxylic acids is 2. The lowest BCUT2D eigenvalue weighted by molar-refractivity contribution is -0.125. The van der Waals surface area contributed by atoms with Crippen LogP contribution in [0.15, 0.2) is 18.2 Å². The minimum Gasteiger partial charge on any atom is -0.370 e. The first kappa shape index (κ1) is 14.5. The van der Waals surface area contributed by atoms with Gasteiger partial charge in [0.25, 0.3) is 5.91 Å². The number of hydrogen-bond acceptors (Lipinski definition) is 4. The second kappa shape index (κ2) is 6.02. The summed E-state index contributed by atoms with van der Waals surface area (Å²) in [5.74, 6) is -0.237. The van der Waals surface area contributed by atoms with Crippen LogP contribution in [0.2, 0.25) is 0 Å². The minimum absolute atomic E-state index is 0.0307. The molecule has 1 aromatic carbocycles. The minimum atomic E-state index is -0.656. The SMILES string of the molecule is COC(CN)C(=O)Nc1ccc2c(c1)CCN2C(C)=O. The molecule has 20 heavy (non-hydrogen) atoms. The molecule has 0 aliphatic carbocycles. The van der Waals surface area contributed by atoms with Crippen LogP contribution in [0.25, 0.3) is 0 Å². The van der Waals surface area contributed by atoms with Crippen molar-refractivity contribution in [3.05, 3.63) is 23.8 Å². The van der Waals surface area contributed by atoms with Crippen molar-refractivity contribution in [3.63, 3.8) is 0 Å². The highest BCUT2D eigenvalue weighted by Gasteiger charge is 2.23. The van der Waals surface area contributed by atoms with Gasteiger partial charge in [-0.1, -0.05) is 0 Å². The summed E-state index contributed by atoms with van der Waals surface area (Å²) in [5.41, 5.74) is 8.11. The van der Waals surface area contributed by atoms with Crippen molar-refractivity contribution in [2.45, 2.75) is 19.4 Å². The number of ether oxygens (including phenoxy) is 1. The largest absolute Gasteiger partial charge is 0.370 e. The quantitative estimate of drug-likeness (QED) is 0.839. The van der Waals surface area contributed by atoms with Gasteiger partial charge in [0.1, 0.15) is 6.10 Å². The Hall–Kier alpha value is -1.92. The molecule has 1 aliphatic rings. The number of benzene rings is 1. The van der Waals surface area contributed by atoms with Crippen molar-refractivity contribution in [1.82, 2.24) is 0 Å². The van der Waals surface area contributed by atoms with Gasteiger partial charge in [-0.05, 0) is 30.2 Å². The number of amides is 2. The summed E-state index contributed by atoms with van der Waals surface area (Å²) >= 11 is 0. The van der Waals surface area contributed by atoms with Gasteiger partial charge in [-0.3, -0.25) is 9.59 Å². The Kier molecular flexibility index (Phi) is 4.36. The molecule has 0 bridgehead atoms.